The van der Waals surface area contributed by atoms with E-state index in [2.05, 4.69) is 4.98 Å². The van der Waals surface area contributed by atoms with Crippen molar-refractivity contribution >= 4 is 0 Å². The van der Waals surface area contributed by atoms with Crippen LogP contribution in [0.5, 0.6) is 0 Å². The Balaban J connectivity index is 2.06. The maximum Gasteiger partial charge on any atom is 0.141 e. The van der Waals surface area contributed by atoms with Gasteiger partial charge in [-0.15, -0.1) is 0 Å². The first-order valence-corrected chi connectivity index (χ1v) is 5.63. The SMILES string of the molecule is CC(N)Cc1ccn(Cc2cncc(F)c2)c1. The average Bonchev–Trinajstić information content (AvgIpc) is 2.64. The lowest BCUT2D eigenvalue weighted by Gasteiger charge is -2.03. The van der Waals surface area contributed by atoms with Crippen molar-refractivity contribution in [1.29, 1.82) is 0 Å². The first-order chi connectivity index (χ1) is 8.13. The molecule has 0 aliphatic rings. The molecule has 0 spiro atoms. The molecule has 1 atom stereocenters. The Morgan fingerprint density at radius 1 is 1.41 bits per heavy atom. The van der Waals surface area contributed by atoms with Gasteiger partial charge >= 0.3 is 0 Å². The molecule has 2 aromatic rings. The summed E-state index contributed by atoms with van der Waals surface area (Å²) >= 11 is 0. The van der Waals surface area contributed by atoms with E-state index >= 15 is 0 Å². The largest absolute Gasteiger partial charge is 0.350 e. The van der Waals surface area contributed by atoms with E-state index in [1.165, 1.54) is 17.8 Å². The molecule has 0 radical (unpaired) electrons. The van der Waals surface area contributed by atoms with Gasteiger partial charge in [-0.1, -0.05) is 0 Å². The van der Waals surface area contributed by atoms with Crippen molar-refractivity contribution in [2.24, 2.45) is 5.73 Å². The molecule has 4 heteroatoms. The summed E-state index contributed by atoms with van der Waals surface area (Å²) in [6, 6.07) is 3.69. The number of nitrogens with two attached hydrogens (primary N) is 1. The molecule has 2 aromatic heterocycles. The second kappa shape index (κ2) is 5.10. The van der Waals surface area contributed by atoms with Crippen LogP contribution in [0.15, 0.2) is 36.9 Å². The van der Waals surface area contributed by atoms with Crippen LogP contribution in [0.4, 0.5) is 4.39 Å². The fourth-order valence-electron chi connectivity index (χ4n) is 1.83. The zero-order valence-electron chi connectivity index (χ0n) is 9.81. The number of hydrogen-bond donors (Lipinski definition) is 1. The molecule has 90 valence electrons. The third-order valence-electron chi connectivity index (χ3n) is 2.50. The first kappa shape index (κ1) is 11.8. The topological polar surface area (TPSA) is 43.8 Å². The predicted octanol–water partition coefficient (Wildman–Crippen LogP) is 1.96. The van der Waals surface area contributed by atoms with Gasteiger partial charge in [0.05, 0.1) is 6.20 Å². The van der Waals surface area contributed by atoms with Gasteiger partial charge < -0.3 is 10.3 Å². The average molecular weight is 233 g/mol. The summed E-state index contributed by atoms with van der Waals surface area (Å²) in [4.78, 5) is 3.83. The highest BCUT2D eigenvalue weighted by Gasteiger charge is 2.02. The summed E-state index contributed by atoms with van der Waals surface area (Å²) in [5.41, 5.74) is 7.79. The highest BCUT2D eigenvalue weighted by molar-refractivity contribution is 5.15. The van der Waals surface area contributed by atoms with Crippen LogP contribution in [0.25, 0.3) is 0 Å². The molecule has 2 rings (SSSR count). The molecular formula is C13H16FN3. The van der Waals surface area contributed by atoms with Gasteiger partial charge in [0, 0.05) is 31.2 Å². The number of halogens is 1. The van der Waals surface area contributed by atoms with Crippen LogP contribution >= 0.6 is 0 Å². The number of aromatic nitrogens is 2. The molecule has 3 nitrogen and oxygen atoms in total. The van der Waals surface area contributed by atoms with Crippen molar-refractivity contribution in [3.63, 3.8) is 0 Å². The first-order valence-electron chi connectivity index (χ1n) is 5.63. The van der Waals surface area contributed by atoms with Gasteiger partial charge in [-0.2, -0.15) is 0 Å². The van der Waals surface area contributed by atoms with E-state index < -0.39 is 0 Å². The summed E-state index contributed by atoms with van der Waals surface area (Å²) in [6.07, 6.45) is 7.75. The molecule has 0 aliphatic carbocycles. The summed E-state index contributed by atoms with van der Waals surface area (Å²) in [6.45, 7) is 2.61. The Kier molecular flexibility index (Phi) is 3.54. The Labute approximate surface area is 100 Å². The molecule has 0 aromatic carbocycles. The lowest BCUT2D eigenvalue weighted by molar-refractivity contribution is 0.616. The van der Waals surface area contributed by atoms with Crippen LogP contribution in [0.2, 0.25) is 0 Å². The Bertz CT molecular complexity index is 491. The van der Waals surface area contributed by atoms with Gasteiger partial charge in [0.2, 0.25) is 0 Å². The highest BCUT2D eigenvalue weighted by atomic mass is 19.1. The lowest BCUT2D eigenvalue weighted by atomic mass is 10.1. The summed E-state index contributed by atoms with van der Waals surface area (Å²) in [5.74, 6) is -0.300. The highest BCUT2D eigenvalue weighted by Crippen LogP contribution is 2.08. The molecule has 0 bridgehead atoms. The predicted molar refractivity (Wildman–Crippen MR) is 65.1 cm³/mol. The minimum absolute atomic E-state index is 0.154. The van der Waals surface area contributed by atoms with Crippen molar-refractivity contribution in [2.45, 2.75) is 25.9 Å². The lowest BCUT2D eigenvalue weighted by Crippen LogP contribution is -2.17. The zero-order valence-corrected chi connectivity index (χ0v) is 9.81. The number of pyridine rings is 1. The second-order valence-corrected chi connectivity index (χ2v) is 4.38. The van der Waals surface area contributed by atoms with Crippen LogP contribution < -0.4 is 5.73 Å². The second-order valence-electron chi connectivity index (χ2n) is 4.38. The summed E-state index contributed by atoms with van der Waals surface area (Å²) in [7, 11) is 0. The third kappa shape index (κ3) is 3.39. The van der Waals surface area contributed by atoms with Crippen molar-refractivity contribution in [1.82, 2.24) is 9.55 Å². The Morgan fingerprint density at radius 3 is 2.94 bits per heavy atom. The van der Waals surface area contributed by atoms with Crippen molar-refractivity contribution in [2.75, 3.05) is 0 Å². The van der Waals surface area contributed by atoms with Crippen LogP contribution in [0.3, 0.4) is 0 Å². The normalized spacial score (nSPS) is 12.6. The van der Waals surface area contributed by atoms with Gasteiger partial charge in [0.1, 0.15) is 5.82 Å². The van der Waals surface area contributed by atoms with E-state index in [1.807, 2.05) is 30.0 Å². The molecule has 0 amide bonds. The maximum absolute atomic E-state index is 13.0. The molecule has 17 heavy (non-hydrogen) atoms. The Morgan fingerprint density at radius 2 is 2.24 bits per heavy atom. The van der Waals surface area contributed by atoms with E-state index in [1.54, 1.807) is 6.20 Å². The van der Waals surface area contributed by atoms with Gasteiger partial charge in [-0.3, -0.25) is 4.98 Å². The zero-order chi connectivity index (χ0) is 12.3. The van der Waals surface area contributed by atoms with Crippen LogP contribution in [0, 0.1) is 5.82 Å². The van der Waals surface area contributed by atoms with Crippen molar-refractivity contribution in [3.8, 4) is 0 Å². The monoisotopic (exact) mass is 233 g/mol. The van der Waals surface area contributed by atoms with E-state index in [0.717, 1.165) is 12.0 Å². The van der Waals surface area contributed by atoms with Crippen LogP contribution in [0.1, 0.15) is 18.1 Å². The standard InChI is InChI=1S/C13H16FN3/c1-10(15)4-11-2-3-17(8-11)9-12-5-13(14)7-16-6-12/h2-3,5-8,10H,4,9,15H2,1H3. The van der Waals surface area contributed by atoms with E-state index in [-0.39, 0.29) is 11.9 Å². The Hall–Kier alpha value is -1.68. The molecule has 1 unspecified atom stereocenters. The van der Waals surface area contributed by atoms with Gasteiger partial charge in [-0.25, -0.2) is 4.39 Å². The molecule has 0 saturated heterocycles. The van der Waals surface area contributed by atoms with Crippen LogP contribution in [-0.2, 0) is 13.0 Å². The third-order valence-corrected chi connectivity index (χ3v) is 2.50. The minimum atomic E-state index is -0.300. The van der Waals surface area contributed by atoms with E-state index in [0.29, 0.717) is 6.54 Å². The van der Waals surface area contributed by atoms with E-state index in [4.69, 9.17) is 5.73 Å². The fourth-order valence-corrected chi connectivity index (χ4v) is 1.83. The fraction of sp³-hybridized carbons (Fsp3) is 0.308. The van der Waals surface area contributed by atoms with Gasteiger partial charge in [-0.05, 0) is 36.6 Å². The maximum atomic E-state index is 13.0. The number of hydrogen-bond acceptors (Lipinski definition) is 2. The number of nitrogens with zero attached hydrogens (tertiary/aromatic N) is 2. The van der Waals surface area contributed by atoms with Gasteiger partial charge in [0.15, 0.2) is 0 Å². The smallest absolute Gasteiger partial charge is 0.141 e. The molecule has 2 N–H and O–H groups in total. The molecule has 0 fully saturated rings. The minimum Gasteiger partial charge on any atom is -0.350 e. The molecular weight excluding hydrogens is 217 g/mol. The molecule has 0 saturated carbocycles. The van der Waals surface area contributed by atoms with Crippen molar-refractivity contribution in [3.05, 3.63) is 53.9 Å². The van der Waals surface area contributed by atoms with Crippen molar-refractivity contribution < 1.29 is 4.39 Å². The molecule has 2 heterocycles. The van der Waals surface area contributed by atoms with Gasteiger partial charge in [0.25, 0.3) is 0 Å². The summed E-state index contributed by atoms with van der Waals surface area (Å²) < 4.78 is 15.0. The summed E-state index contributed by atoms with van der Waals surface area (Å²) in [5, 5.41) is 0. The van der Waals surface area contributed by atoms with E-state index in [9.17, 15) is 4.39 Å². The van der Waals surface area contributed by atoms with Crippen LogP contribution in [-0.4, -0.2) is 15.6 Å². The quantitative estimate of drug-likeness (QED) is 0.877. The molecule has 0 aliphatic heterocycles. The number of rotatable bonds is 4.